The van der Waals surface area contributed by atoms with Gasteiger partial charge < -0.3 is 4.90 Å². The first-order valence-electron chi connectivity index (χ1n) is 10.2. The summed E-state index contributed by atoms with van der Waals surface area (Å²) in [6.07, 6.45) is -0.105. The van der Waals surface area contributed by atoms with Gasteiger partial charge in [0.05, 0.1) is 20.9 Å². The van der Waals surface area contributed by atoms with Crippen molar-refractivity contribution < 1.29 is 13.2 Å². The number of likely N-dealkylation sites (N-methyl/N-ethyl adjacent to an activating group) is 1. The van der Waals surface area contributed by atoms with E-state index in [0.717, 1.165) is 23.3 Å². The molecule has 2 aromatic carbocycles. The normalized spacial score (nSPS) is 11.5. The van der Waals surface area contributed by atoms with Gasteiger partial charge in [0.2, 0.25) is 5.91 Å². The Morgan fingerprint density at radius 2 is 1.75 bits per heavy atom. The molecular weight excluding hydrogens is 489 g/mol. The zero-order valence-electron chi connectivity index (χ0n) is 18.0. The lowest BCUT2D eigenvalue weighted by Gasteiger charge is -2.24. The first kappa shape index (κ1) is 26.5. The third-order valence-electron chi connectivity index (χ3n) is 5.09. The Morgan fingerprint density at radius 3 is 2.41 bits per heavy atom. The number of thiazole rings is 1. The topological polar surface area (TPSA) is 70.6 Å². The van der Waals surface area contributed by atoms with Gasteiger partial charge in [-0.05, 0) is 43.4 Å². The average Bonchev–Trinajstić information content (AvgIpc) is 3.18. The molecule has 0 aliphatic heterocycles. The van der Waals surface area contributed by atoms with E-state index in [0.29, 0.717) is 23.2 Å². The molecule has 0 saturated carbocycles. The van der Waals surface area contributed by atoms with Crippen LogP contribution in [0.25, 0.3) is 10.2 Å². The SMILES string of the molecule is CCN(CC)CCN(C(=O)CCS(=O)(=O)c1ccccc1)c1nc2ccc(Cl)cc2s1.Cl. The van der Waals surface area contributed by atoms with Crippen molar-refractivity contribution in [1.82, 2.24) is 9.88 Å². The number of halogens is 2. The molecule has 0 bridgehead atoms. The van der Waals surface area contributed by atoms with Gasteiger partial charge in [0.15, 0.2) is 15.0 Å². The van der Waals surface area contributed by atoms with Gasteiger partial charge in [-0.3, -0.25) is 9.69 Å². The van der Waals surface area contributed by atoms with Crippen LogP contribution < -0.4 is 4.90 Å². The van der Waals surface area contributed by atoms with Crippen molar-refractivity contribution in [2.45, 2.75) is 25.2 Å². The Labute approximate surface area is 204 Å². The van der Waals surface area contributed by atoms with E-state index >= 15 is 0 Å². The number of carbonyl (C=O) groups is 1. The van der Waals surface area contributed by atoms with Crippen molar-refractivity contribution >= 4 is 66.4 Å². The Balaban J connectivity index is 0.00000363. The van der Waals surface area contributed by atoms with Crippen LogP contribution in [0.5, 0.6) is 0 Å². The molecule has 1 aromatic heterocycles. The Hall–Kier alpha value is -1.71. The third-order valence-corrected chi connectivity index (χ3v) is 8.10. The molecule has 0 fully saturated rings. The highest BCUT2D eigenvalue weighted by molar-refractivity contribution is 7.91. The highest BCUT2D eigenvalue weighted by atomic mass is 35.5. The first-order chi connectivity index (χ1) is 14.8. The summed E-state index contributed by atoms with van der Waals surface area (Å²) < 4.78 is 26.1. The Morgan fingerprint density at radius 1 is 1.06 bits per heavy atom. The number of anilines is 1. The van der Waals surface area contributed by atoms with Crippen LogP contribution in [-0.4, -0.2) is 56.1 Å². The molecule has 3 aromatic rings. The summed E-state index contributed by atoms with van der Waals surface area (Å²) in [5.74, 6) is -0.495. The summed E-state index contributed by atoms with van der Waals surface area (Å²) in [5.41, 5.74) is 0.766. The molecule has 10 heteroatoms. The largest absolute Gasteiger partial charge is 0.302 e. The fourth-order valence-electron chi connectivity index (χ4n) is 3.21. The van der Waals surface area contributed by atoms with Gasteiger partial charge in [-0.25, -0.2) is 13.4 Å². The average molecular weight is 517 g/mol. The predicted octanol–water partition coefficient (Wildman–Crippen LogP) is 4.91. The van der Waals surface area contributed by atoms with Crippen molar-refractivity contribution in [3.05, 3.63) is 53.6 Å². The molecule has 6 nitrogen and oxygen atoms in total. The van der Waals surface area contributed by atoms with E-state index in [2.05, 4.69) is 23.7 Å². The van der Waals surface area contributed by atoms with Crippen molar-refractivity contribution in [2.24, 2.45) is 0 Å². The Bertz CT molecular complexity index is 1130. The lowest BCUT2D eigenvalue weighted by atomic mass is 10.3. The highest BCUT2D eigenvalue weighted by Crippen LogP contribution is 2.31. The van der Waals surface area contributed by atoms with Crippen LogP contribution in [0.4, 0.5) is 5.13 Å². The van der Waals surface area contributed by atoms with E-state index < -0.39 is 9.84 Å². The van der Waals surface area contributed by atoms with Crippen LogP contribution in [-0.2, 0) is 14.6 Å². The number of benzene rings is 2. The second-order valence-corrected chi connectivity index (χ2v) is 10.6. The molecule has 1 heterocycles. The maximum Gasteiger partial charge on any atom is 0.229 e. The van der Waals surface area contributed by atoms with E-state index in [1.54, 1.807) is 41.3 Å². The molecule has 0 spiro atoms. The molecule has 0 N–H and O–H groups in total. The lowest BCUT2D eigenvalue weighted by Crippen LogP contribution is -2.39. The zero-order valence-corrected chi connectivity index (χ0v) is 21.2. The smallest absolute Gasteiger partial charge is 0.229 e. The van der Waals surface area contributed by atoms with E-state index in [1.165, 1.54) is 11.3 Å². The fraction of sp³-hybridized carbons (Fsp3) is 0.364. The van der Waals surface area contributed by atoms with E-state index in [1.807, 2.05) is 12.1 Å². The van der Waals surface area contributed by atoms with Crippen LogP contribution in [0.2, 0.25) is 5.02 Å². The lowest BCUT2D eigenvalue weighted by molar-refractivity contribution is -0.118. The quantitative estimate of drug-likeness (QED) is 0.383. The summed E-state index contributed by atoms with van der Waals surface area (Å²) in [5, 5.41) is 1.17. The molecule has 1 amide bonds. The van der Waals surface area contributed by atoms with Gasteiger partial charge in [0.25, 0.3) is 0 Å². The van der Waals surface area contributed by atoms with Crippen molar-refractivity contribution in [2.75, 3.05) is 36.8 Å². The minimum Gasteiger partial charge on any atom is -0.302 e. The maximum atomic E-state index is 13.1. The molecule has 3 rings (SSSR count). The van der Waals surface area contributed by atoms with E-state index in [-0.39, 0.29) is 35.4 Å². The number of aromatic nitrogens is 1. The summed E-state index contributed by atoms with van der Waals surface area (Å²) in [7, 11) is -3.53. The molecular formula is C22H27Cl2N3O3S2. The Kier molecular flexibility index (Phi) is 9.91. The summed E-state index contributed by atoms with van der Waals surface area (Å²) in [4.78, 5) is 21.8. The first-order valence-corrected chi connectivity index (χ1v) is 13.1. The van der Waals surface area contributed by atoms with Gasteiger partial charge in [-0.2, -0.15) is 0 Å². The summed E-state index contributed by atoms with van der Waals surface area (Å²) in [6, 6.07) is 13.6. The second kappa shape index (κ2) is 12.0. The third kappa shape index (κ3) is 6.65. The molecule has 0 radical (unpaired) electrons. The molecule has 0 aliphatic rings. The van der Waals surface area contributed by atoms with Crippen LogP contribution >= 0.6 is 35.3 Å². The minimum atomic E-state index is -3.53. The monoisotopic (exact) mass is 515 g/mol. The van der Waals surface area contributed by atoms with Gasteiger partial charge in [0.1, 0.15) is 0 Å². The number of rotatable bonds is 10. The van der Waals surface area contributed by atoms with Crippen molar-refractivity contribution in [1.29, 1.82) is 0 Å². The van der Waals surface area contributed by atoms with Crippen molar-refractivity contribution in [3.63, 3.8) is 0 Å². The number of hydrogen-bond acceptors (Lipinski definition) is 6. The molecule has 174 valence electrons. The number of nitrogens with zero attached hydrogens (tertiary/aromatic N) is 3. The second-order valence-electron chi connectivity index (χ2n) is 7.06. The number of sulfone groups is 1. The molecule has 32 heavy (non-hydrogen) atoms. The van der Waals surface area contributed by atoms with Gasteiger partial charge in [-0.15, -0.1) is 12.4 Å². The number of fused-ring (bicyclic) bond motifs is 1. The van der Waals surface area contributed by atoms with Crippen molar-refractivity contribution in [3.8, 4) is 0 Å². The van der Waals surface area contributed by atoms with Gasteiger partial charge in [0, 0.05) is 24.5 Å². The highest BCUT2D eigenvalue weighted by Gasteiger charge is 2.23. The van der Waals surface area contributed by atoms with Gasteiger partial charge in [-0.1, -0.05) is 55.0 Å². The van der Waals surface area contributed by atoms with Crippen LogP contribution in [0, 0.1) is 0 Å². The minimum absolute atomic E-state index is 0. The van der Waals surface area contributed by atoms with Crippen LogP contribution in [0.3, 0.4) is 0 Å². The maximum absolute atomic E-state index is 13.1. The fourth-order valence-corrected chi connectivity index (χ4v) is 5.75. The number of hydrogen-bond donors (Lipinski definition) is 0. The summed E-state index contributed by atoms with van der Waals surface area (Å²) in [6.45, 7) is 7.01. The van der Waals surface area contributed by atoms with Gasteiger partial charge >= 0.3 is 0 Å². The standard InChI is InChI=1S/C22H26ClN3O3S2.ClH/c1-3-25(4-2)13-14-26(22-24-19-11-10-17(23)16-20(19)30-22)21(27)12-15-31(28,29)18-8-6-5-7-9-18;/h5-11,16H,3-4,12-15H2,1-2H3;1H. The summed E-state index contributed by atoms with van der Waals surface area (Å²) >= 11 is 7.48. The van der Waals surface area contributed by atoms with Crippen LogP contribution in [0.1, 0.15) is 20.3 Å². The molecule has 0 atom stereocenters. The molecule has 0 unspecified atom stereocenters. The van der Waals surface area contributed by atoms with E-state index in [9.17, 15) is 13.2 Å². The van der Waals surface area contributed by atoms with E-state index in [4.69, 9.17) is 11.6 Å². The number of amides is 1. The predicted molar refractivity (Wildman–Crippen MR) is 135 cm³/mol. The molecule has 0 saturated heterocycles. The number of carbonyl (C=O) groups excluding carboxylic acids is 1. The molecule has 0 aliphatic carbocycles. The van der Waals surface area contributed by atoms with Crippen LogP contribution in [0.15, 0.2) is 53.4 Å². The zero-order chi connectivity index (χ0) is 22.4.